The van der Waals surface area contributed by atoms with Gasteiger partial charge in [0.1, 0.15) is 0 Å². The largest absolute Gasteiger partial charge is 0.317 e. The average Bonchev–Trinajstić information content (AvgIpc) is 2.31. The molecule has 0 bridgehead atoms. The maximum atomic E-state index is 10.7. The fourth-order valence-electron chi connectivity index (χ4n) is 1.97. The summed E-state index contributed by atoms with van der Waals surface area (Å²) in [6.07, 6.45) is 0.985. The van der Waals surface area contributed by atoms with Gasteiger partial charge in [-0.3, -0.25) is 10.1 Å². The Bertz CT molecular complexity index is 409. The van der Waals surface area contributed by atoms with Crippen molar-refractivity contribution in [3.05, 3.63) is 38.3 Å². The second kappa shape index (κ2) is 6.12. The molecule has 0 amide bonds. The number of nitrogens with zero attached hydrogens (tertiary/aromatic N) is 1. The van der Waals surface area contributed by atoms with Gasteiger partial charge in [-0.05, 0) is 31.9 Å². The van der Waals surface area contributed by atoms with Crippen LogP contribution in [-0.2, 0) is 0 Å². The number of halogens is 1. The Morgan fingerprint density at radius 1 is 1.53 bits per heavy atom. The first-order chi connectivity index (χ1) is 8.01. The molecule has 94 valence electrons. The molecule has 1 aromatic carbocycles. The number of nitrogens with one attached hydrogen (secondary N) is 1. The van der Waals surface area contributed by atoms with Gasteiger partial charge in [-0.15, -0.1) is 0 Å². The number of rotatable bonds is 5. The molecular weight excluding hydrogens is 284 g/mol. The zero-order valence-electron chi connectivity index (χ0n) is 10.2. The Balaban J connectivity index is 3.09. The smallest absolute Gasteiger partial charge is 0.270 e. The molecule has 2 atom stereocenters. The number of benzene rings is 1. The highest BCUT2D eigenvalue weighted by Gasteiger charge is 2.20. The summed E-state index contributed by atoms with van der Waals surface area (Å²) >= 11 is 3.42. The van der Waals surface area contributed by atoms with Gasteiger partial charge in [0.15, 0.2) is 0 Å². The minimum atomic E-state index is -0.378. The summed E-state index contributed by atoms with van der Waals surface area (Å²) in [5.41, 5.74) is 1.23. The van der Waals surface area contributed by atoms with Crippen LogP contribution in [0.3, 0.4) is 0 Å². The molecule has 0 saturated heterocycles. The van der Waals surface area contributed by atoms with Crippen LogP contribution in [0.15, 0.2) is 22.7 Å². The third kappa shape index (κ3) is 3.26. The fourth-order valence-corrected chi connectivity index (χ4v) is 2.64. The summed E-state index contributed by atoms with van der Waals surface area (Å²) in [6.45, 7) is 4.23. The summed E-state index contributed by atoms with van der Waals surface area (Å²) in [7, 11) is 1.92. The lowest BCUT2D eigenvalue weighted by Crippen LogP contribution is -2.28. The lowest BCUT2D eigenvalue weighted by Gasteiger charge is -2.23. The van der Waals surface area contributed by atoms with Gasteiger partial charge in [-0.2, -0.15) is 0 Å². The highest BCUT2D eigenvalue weighted by molar-refractivity contribution is 9.10. The van der Waals surface area contributed by atoms with E-state index in [0.717, 1.165) is 16.5 Å². The van der Waals surface area contributed by atoms with Crippen LogP contribution in [0.1, 0.15) is 31.7 Å². The van der Waals surface area contributed by atoms with Crippen LogP contribution < -0.4 is 5.32 Å². The van der Waals surface area contributed by atoms with Crippen molar-refractivity contribution in [2.24, 2.45) is 0 Å². The monoisotopic (exact) mass is 300 g/mol. The number of nitro benzene ring substituents is 1. The van der Waals surface area contributed by atoms with Gasteiger partial charge >= 0.3 is 0 Å². The molecule has 4 nitrogen and oxygen atoms in total. The third-order valence-corrected chi connectivity index (χ3v) is 3.78. The van der Waals surface area contributed by atoms with Crippen LogP contribution in [0.4, 0.5) is 5.69 Å². The molecule has 0 radical (unpaired) electrons. The van der Waals surface area contributed by atoms with Crippen molar-refractivity contribution in [3.63, 3.8) is 0 Å². The Labute approximate surface area is 110 Å². The molecule has 1 aromatic rings. The van der Waals surface area contributed by atoms with E-state index < -0.39 is 0 Å². The lowest BCUT2D eigenvalue weighted by molar-refractivity contribution is -0.384. The number of non-ortho nitro benzene ring substituents is 1. The molecule has 1 N–H and O–H groups in total. The Hall–Kier alpha value is -0.940. The van der Waals surface area contributed by atoms with Crippen LogP contribution in [0.5, 0.6) is 0 Å². The molecule has 0 heterocycles. The van der Waals surface area contributed by atoms with E-state index in [1.165, 1.54) is 0 Å². The zero-order valence-corrected chi connectivity index (χ0v) is 11.8. The van der Waals surface area contributed by atoms with E-state index in [0.29, 0.717) is 12.0 Å². The Kier molecular flexibility index (Phi) is 5.08. The minimum Gasteiger partial charge on any atom is -0.317 e. The molecule has 2 unspecified atom stereocenters. The van der Waals surface area contributed by atoms with E-state index in [4.69, 9.17) is 0 Å². The summed E-state index contributed by atoms with van der Waals surface area (Å²) in [5.74, 6) is 0.343. The molecule has 1 rings (SSSR count). The topological polar surface area (TPSA) is 55.2 Å². The van der Waals surface area contributed by atoms with Crippen molar-refractivity contribution in [1.82, 2.24) is 5.32 Å². The molecule has 0 saturated carbocycles. The Morgan fingerprint density at radius 2 is 2.18 bits per heavy atom. The summed E-state index contributed by atoms with van der Waals surface area (Å²) in [6, 6.07) is 5.30. The van der Waals surface area contributed by atoms with E-state index in [-0.39, 0.29) is 10.6 Å². The van der Waals surface area contributed by atoms with Crippen molar-refractivity contribution >= 4 is 21.6 Å². The third-order valence-electron chi connectivity index (χ3n) is 3.09. The second-order valence-electron chi connectivity index (χ2n) is 4.06. The molecule has 0 aromatic heterocycles. The van der Waals surface area contributed by atoms with Crippen molar-refractivity contribution in [1.29, 1.82) is 0 Å². The van der Waals surface area contributed by atoms with Crippen LogP contribution in [0.2, 0.25) is 0 Å². The minimum absolute atomic E-state index is 0.118. The fraction of sp³-hybridized carbons (Fsp3) is 0.500. The quantitative estimate of drug-likeness (QED) is 0.669. The van der Waals surface area contributed by atoms with Crippen molar-refractivity contribution < 1.29 is 4.92 Å². The number of hydrogen-bond acceptors (Lipinski definition) is 3. The Morgan fingerprint density at radius 3 is 2.59 bits per heavy atom. The van der Waals surface area contributed by atoms with Gasteiger partial charge in [0, 0.05) is 22.6 Å². The van der Waals surface area contributed by atoms with E-state index >= 15 is 0 Å². The number of hydrogen-bond donors (Lipinski definition) is 1. The highest BCUT2D eigenvalue weighted by atomic mass is 79.9. The highest BCUT2D eigenvalue weighted by Crippen LogP contribution is 2.32. The van der Waals surface area contributed by atoms with Crippen LogP contribution in [0.25, 0.3) is 0 Å². The molecule has 0 spiro atoms. The van der Waals surface area contributed by atoms with Crippen molar-refractivity contribution in [3.8, 4) is 0 Å². The van der Waals surface area contributed by atoms with Gasteiger partial charge in [0.25, 0.3) is 5.69 Å². The van der Waals surface area contributed by atoms with Gasteiger partial charge in [0.05, 0.1) is 4.92 Å². The molecule has 17 heavy (non-hydrogen) atoms. The predicted octanol–water partition coefficient (Wildman–Crippen LogP) is 3.46. The van der Waals surface area contributed by atoms with Crippen molar-refractivity contribution in [2.75, 3.05) is 7.05 Å². The average molecular weight is 301 g/mol. The first-order valence-corrected chi connectivity index (χ1v) is 6.41. The first kappa shape index (κ1) is 14.1. The molecule has 0 fully saturated rings. The summed E-state index contributed by atoms with van der Waals surface area (Å²) in [4.78, 5) is 10.3. The second-order valence-corrected chi connectivity index (χ2v) is 4.91. The number of nitro groups is 1. The van der Waals surface area contributed by atoms with Gasteiger partial charge in [0.2, 0.25) is 0 Å². The van der Waals surface area contributed by atoms with Crippen molar-refractivity contribution in [2.45, 2.75) is 32.2 Å². The molecule has 5 heteroatoms. The number of likely N-dealkylation sites (N-methyl/N-ethyl adjacent to an activating group) is 1. The van der Waals surface area contributed by atoms with E-state index in [1.807, 2.05) is 13.1 Å². The maximum Gasteiger partial charge on any atom is 0.270 e. The van der Waals surface area contributed by atoms with Gasteiger partial charge < -0.3 is 5.32 Å². The molecule has 0 aliphatic carbocycles. The normalized spacial score (nSPS) is 14.4. The van der Waals surface area contributed by atoms with Crippen LogP contribution >= 0.6 is 15.9 Å². The van der Waals surface area contributed by atoms with E-state index in [2.05, 4.69) is 35.1 Å². The predicted molar refractivity (Wildman–Crippen MR) is 72.4 cm³/mol. The summed E-state index contributed by atoms with van der Waals surface area (Å²) in [5, 5.41) is 13.9. The molecule has 0 aliphatic rings. The molecule has 0 aliphatic heterocycles. The van der Waals surface area contributed by atoms with E-state index in [9.17, 15) is 10.1 Å². The maximum absolute atomic E-state index is 10.7. The van der Waals surface area contributed by atoms with Gasteiger partial charge in [-0.1, -0.05) is 28.9 Å². The summed E-state index contributed by atoms with van der Waals surface area (Å²) < 4.78 is 0.806. The molecular formula is C12H17BrN2O2. The standard InChI is InChI=1S/C12H17BrN2O2/c1-4-10(8(2)14-3)11-6-5-9(15(16)17)7-12(11)13/h5-8,10,14H,4H2,1-3H3. The zero-order chi connectivity index (χ0) is 13.0. The van der Waals surface area contributed by atoms with Crippen LogP contribution in [0, 0.1) is 10.1 Å². The van der Waals surface area contributed by atoms with Crippen LogP contribution in [-0.4, -0.2) is 18.0 Å². The van der Waals surface area contributed by atoms with E-state index in [1.54, 1.807) is 12.1 Å². The van der Waals surface area contributed by atoms with Gasteiger partial charge in [-0.25, -0.2) is 0 Å². The lowest BCUT2D eigenvalue weighted by atomic mass is 9.90. The SMILES string of the molecule is CCC(c1ccc([N+](=O)[O-])cc1Br)C(C)NC. The first-order valence-electron chi connectivity index (χ1n) is 5.62.